The number of carboxylic acid groups (broad SMARTS) is 1. The van der Waals surface area contributed by atoms with Crippen LogP contribution in [0.3, 0.4) is 0 Å². The van der Waals surface area contributed by atoms with Gasteiger partial charge in [-0.1, -0.05) is 0 Å². The van der Waals surface area contributed by atoms with Crippen LogP contribution in [0, 0.1) is 0 Å². The third kappa shape index (κ3) is 4.00. The predicted octanol–water partition coefficient (Wildman–Crippen LogP) is 0.823. The van der Waals surface area contributed by atoms with Gasteiger partial charge in [0.1, 0.15) is 5.82 Å². The number of pyridine rings is 1. The highest BCUT2D eigenvalue weighted by Crippen LogP contribution is 2.16. The Labute approximate surface area is 116 Å². The molecule has 1 saturated heterocycles. The van der Waals surface area contributed by atoms with Crippen molar-refractivity contribution in [3.05, 3.63) is 17.8 Å². The number of nitrogen functional groups attached to an aromatic ring is 1. The number of hydrogen-bond acceptors (Lipinski definition) is 6. The third-order valence-electron chi connectivity index (χ3n) is 2.99. The lowest BCUT2D eigenvalue weighted by Crippen LogP contribution is -2.36. The fourth-order valence-electron chi connectivity index (χ4n) is 1.90. The van der Waals surface area contributed by atoms with Crippen molar-refractivity contribution in [3.63, 3.8) is 0 Å². The van der Waals surface area contributed by atoms with Gasteiger partial charge in [-0.2, -0.15) is 11.8 Å². The number of carboxylic acids is 1. The predicted molar refractivity (Wildman–Crippen MR) is 77.9 cm³/mol. The van der Waals surface area contributed by atoms with Crippen LogP contribution in [0.4, 0.5) is 11.5 Å². The maximum Gasteiger partial charge on any atom is 0.337 e. The molecule has 6 nitrogen and oxygen atoms in total. The summed E-state index contributed by atoms with van der Waals surface area (Å²) in [5, 5.41) is 12.0. The van der Waals surface area contributed by atoms with Crippen LogP contribution in [0.5, 0.6) is 0 Å². The third-order valence-corrected chi connectivity index (χ3v) is 3.93. The fourth-order valence-corrected chi connectivity index (χ4v) is 2.88. The molecule has 104 valence electrons. The van der Waals surface area contributed by atoms with E-state index in [0.29, 0.717) is 11.5 Å². The Hall–Kier alpha value is -1.47. The van der Waals surface area contributed by atoms with Crippen LogP contribution in [0.25, 0.3) is 0 Å². The number of nitrogens with one attached hydrogen (secondary N) is 1. The molecule has 1 aromatic rings. The standard InChI is InChI=1S/C12H18N4O2S/c13-10-7-9(12(17)18)8-15-11(10)14-1-2-16-3-5-19-6-4-16/h7-8H,1-6,13H2,(H,14,15)(H,17,18). The summed E-state index contributed by atoms with van der Waals surface area (Å²) in [6, 6.07) is 1.43. The maximum atomic E-state index is 10.8. The molecular formula is C12H18N4O2S. The van der Waals surface area contributed by atoms with Gasteiger partial charge in [-0.25, -0.2) is 9.78 Å². The van der Waals surface area contributed by atoms with Gasteiger partial charge in [0.05, 0.1) is 11.3 Å². The molecule has 0 radical (unpaired) electrons. The summed E-state index contributed by atoms with van der Waals surface area (Å²) in [5.41, 5.74) is 6.25. The minimum atomic E-state index is -1.02. The molecule has 0 unspecified atom stereocenters. The van der Waals surface area contributed by atoms with Gasteiger partial charge in [0.15, 0.2) is 0 Å². The highest BCUT2D eigenvalue weighted by Gasteiger charge is 2.10. The van der Waals surface area contributed by atoms with Gasteiger partial charge in [-0.3, -0.25) is 4.90 Å². The minimum absolute atomic E-state index is 0.108. The number of thioether (sulfide) groups is 1. The van der Waals surface area contributed by atoms with E-state index in [1.54, 1.807) is 0 Å². The SMILES string of the molecule is Nc1cc(C(=O)O)cnc1NCCN1CCSCC1. The zero-order valence-corrected chi connectivity index (χ0v) is 11.4. The second kappa shape index (κ2) is 6.63. The summed E-state index contributed by atoms with van der Waals surface area (Å²) in [6.45, 7) is 3.94. The van der Waals surface area contributed by atoms with Crippen molar-refractivity contribution in [3.8, 4) is 0 Å². The summed E-state index contributed by atoms with van der Waals surface area (Å²) in [6.07, 6.45) is 1.32. The molecule has 0 bridgehead atoms. The Kier molecular flexibility index (Phi) is 4.86. The van der Waals surface area contributed by atoms with E-state index >= 15 is 0 Å². The number of rotatable bonds is 5. The van der Waals surface area contributed by atoms with E-state index in [9.17, 15) is 4.79 Å². The molecule has 0 atom stereocenters. The molecule has 7 heteroatoms. The minimum Gasteiger partial charge on any atom is -0.478 e. The van der Waals surface area contributed by atoms with Crippen LogP contribution in [0.2, 0.25) is 0 Å². The quantitative estimate of drug-likeness (QED) is 0.736. The van der Waals surface area contributed by atoms with E-state index in [1.807, 2.05) is 11.8 Å². The summed E-state index contributed by atoms with van der Waals surface area (Å²) >= 11 is 1.99. The lowest BCUT2D eigenvalue weighted by atomic mass is 10.2. The smallest absolute Gasteiger partial charge is 0.337 e. The van der Waals surface area contributed by atoms with Crippen LogP contribution in [-0.4, -0.2) is 58.6 Å². The number of nitrogens with two attached hydrogens (primary N) is 1. The summed E-state index contributed by atoms with van der Waals surface area (Å²) < 4.78 is 0. The van der Waals surface area contributed by atoms with E-state index in [0.717, 1.165) is 26.2 Å². The zero-order chi connectivity index (χ0) is 13.7. The Morgan fingerprint density at radius 3 is 2.89 bits per heavy atom. The van der Waals surface area contributed by atoms with Crippen LogP contribution in [-0.2, 0) is 0 Å². The Morgan fingerprint density at radius 2 is 2.26 bits per heavy atom. The molecule has 0 spiro atoms. The van der Waals surface area contributed by atoms with Crippen LogP contribution >= 0.6 is 11.8 Å². The highest BCUT2D eigenvalue weighted by atomic mass is 32.2. The van der Waals surface area contributed by atoms with Crippen LogP contribution in [0.15, 0.2) is 12.3 Å². The molecule has 1 aromatic heterocycles. The Morgan fingerprint density at radius 1 is 1.53 bits per heavy atom. The van der Waals surface area contributed by atoms with Gasteiger partial charge in [-0.05, 0) is 6.07 Å². The van der Waals surface area contributed by atoms with Crippen molar-refractivity contribution in [2.24, 2.45) is 0 Å². The molecule has 0 aromatic carbocycles. The van der Waals surface area contributed by atoms with Crippen molar-refractivity contribution in [1.82, 2.24) is 9.88 Å². The molecule has 0 saturated carbocycles. The first-order valence-corrected chi connectivity index (χ1v) is 7.35. The van der Waals surface area contributed by atoms with Gasteiger partial charge < -0.3 is 16.2 Å². The molecular weight excluding hydrogens is 264 g/mol. The van der Waals surface area contributed by atoms with E-state index in [4.69, 9.17) is 10.8 Å². The second-order valence-corrected chi connectivity index (χ2v) is 5.57. The molecule has 2 heterocycles. The average Bonchev–Trinajstić information content (AvgIpc) is 2.41. The normalized spacial score (nSPS) is 16.2. The fraction of sp³-hybridized carbons (Fsp3) is 0.500. The molecule has 4 N–H and O–H groups in total. The Bertz CT molecular complexity index is 449. The number of aromatic carboxylic acids is 1. The van der Waals surface area contributed by atoms with Crippen molar-refractivity contribution in [1.29, 1.82) is 0 Å². The van der Waals surface area contributed by atoms with Gasteiger partial charge >= 0.3 is 5.97 Å². The van der Waals surface area contributed by atoms with E-state index in [2.05, 4.69) is 15.2 Å². The summed E-state index contributed by atoms with van der Waals surface area (Å²) in [7, 11) is 0. The topological polar surface area (TPSA) is 91.5 Å². The van der Waals surface area contributed by atoms with Crippen molar-refractivity contribution < 1.29 is 9.90 Å². The number of hydrogen-bond donors (Lipinski definition) is 3. The molecule has 0 amide bonds. The summed E-state index contributed by atoms with van der Waals surface area (Å²) in [4.78, 5) is 17.2. The van der Waals surface area contributed by atoms with Crippen LogP contribution < -0.4 is 11.1 Å². The van der Waals surface area contributed by atoms with Gasteiger partial charge in [0.2, 0.25) is 0 Å². The van der Waals surface area contributed by atoms with Gasteiger partial charge in [0, 0.05) is 43.9 Å². The molecule has 0 aliphatic carbocycles. The first kappa shape index (κ1) is 14.0. The average molecular weight is 282 g/mol. The van der Waals surface area contributed by atoms with Gasteiger partial charge in [-0.15, -0.1) is 0 Å². The number of carbonyl (C=O) groups is 1. The first-order chi connectivity index (χ1) is 9.16. The van der Waals surface area contributed by atoms with E-state index in [-0.39, 0.29) is 5.56 Å². The first-order valence-electron chi connectivity index (χ1n) is 6.19. The molecule has 1 fully saturated rings. The van der Waals surface area contributed by atoms with Crippen molar-refractivity contribution in [2.75, 3.05) is 48.7 Å². The zero-order valence-electron chi connectivity index (χ0n) is 10.6. The maximum absolute atomic E-state index is 10.8. The number of anilines is 2. The molecule has 2 rings (SSSR count). The molecule has 1 aliphatic rings. The van der Waals surface area contributed by atoms with Crippen molar-refractivity contribution >= 4 is 29.2 Å². The van der Waals surface area contributed by atoms with E-state index in [1.165, 1.54) is 23.8 Å². The molecule has 19 heavy (non-hydrogen) atoms. The highest BCUT2D eigenvalue weighted by molar-refractivity contribution is 7.99. The summed E-state index contributed by atoms with van der Waals surface area (Å²) in [5.74, 6) is 1.91. The monoisotopic (exact) mass is 282 g/mol. The number of aromatic nitrogens is 1. The Balaban J connectivity index is 1.83. The number of nitrogens with zero attached hydrogens (tertiary/aromatic N) is 2. The second-order valence-electron chi connectivity index (χ2n) is 4.35. The molecule has 1 aliphatic heterocycles. The lowest BCUT2D eigenvalue weighted by Gasteiger charge is -2.26. The van der Waals surface area contributed by atoms with E-state index < -0.39 is 5.97 Å². The lowest BCUT2D eigenvalue weighted by molar-refractivity contribution is 0.0696. The van der Waals surface area contributed by atoms with Crippen LogP contribution in [0.1, 0.15) is 10.4 Å². The van der Waals surface area contributed by atoms with Crippen molar-refractivity contribution in [2.45, 2.75) is 0 Å². The van der Waals surface area contributed by atoms with Gasteiger partial charge in [0.25, 0.3) is 0 Å². The largest absolute Gasteiger partial charge is 0.478 e.